The van der Waals surface area contributed by atoms with Crippen LogP contribution in [0.2, 0.25) is 5.02 Å². The minimum atomic E-state index is 0.832. The molecule has 0 saturated heterocycles. The van der Waals surface area contributed by atoms with Gasteiger partial charge in [0.15, 0.2) is 0 Å². The SMILES string of the molecule is [CH2]Cc1cc(C)c(Cl)c(C)c1. The maximum absolute atomic E-state index is 5.99. The second-order valence-corrected chi connectivity index (χ2v) is 3.17. The van der Waals surface area contributed by atoms with Gasteiger partial charge in [-0.1, -0.05) is 23.7 Å². The van der Waals surface area contributed by atoms with Crippen LogP contribution in [0.1, 0.15) is 16.7 Å². The van der Waals surface area contributed by atoms with E-state index in [1.807, 2.05) is 13.8 Å². The van der Waals surface area contributed by atoms with Crippen LogP contribution in [0.4, 0.5) is 0 Å². The summed E-state index contributed by atoms with van der Waals surface area (Å²) in [7, 11) is 0. The van der Waals surface area contributed by atoms with Crippen LogP contribution in [0.25, 0.3) is 0 Å². The van der Waals surface area contributed by atoms with E-state index in [2.05, 4.69) is 19.1 Å². The van der Waals surface area contributed by atoms with Crippen LogP contribution in [0.5, 0.6) is 0 Å². The third-order valence-electron chi connectivity index (χ3n) is 1.78. The molecular formula is C10H12Cl. The van der Waals surface area contributed by atoms with E-state index in [0.29, 0.717) is 0 Å². The summed E-state index contributed by atoms with van der Waals surface area (Å²) < 4.78 is 0. The van der Waals surface area contributed by atoms with Crippen LogP contribution in [0.15, 0.2) is 12.1 Å². The van der Waals surface area contributed by atoms with Gasteiger partial charge in [0.2, 0.25) is 0 Å². The Hall–Kier alpha value is -0.490. The fourth-order valence-electron chi connectivity index (χ4n) is 1.18. The summed E-state index contributed by atoms with van der Waals surface area (Å²) in [6.45, 7) is 7.87. The molecule has 1 rings (SSSR count). The van der Waals surface area contributed by atoms with Gasteiger partial charge in [-0.2, -0.15) is 0 Å². The molecule has 0 atom stereocenters. The first-order chi connectivity index (χ1) is 5.15. The number of aryl methyl sites for hydroxylation is 2. The van der Waals surface area contributed by atoms with Crippen LogP contribution in [0, 0.1) is 20.8 Å². The molecule has 1 radical (unpaired) electrons. The summed E-state index contributed by atoms with van der Waals surface area (Å²) in [6, 6.07) is 4.17. The van der Waals surface area contributed by atoms with Gasteiger partial charge >= 0.3 is 0 Å². The first kappa shape index (κ1) is 8.61. The van der Waals surface area contributed by atoms with E-state index in [4.69, 9.17) is 11.6 Å². The van der Waals surface area contributed by atoms with Crippen molar-refractivity contribution in [3.8, 4) is 0 Å². The van der Waals surface area contributed by atoms with Gasteiger partial charge < -0.3 is 0 Å². The van der Waals surface area contributed by atoms with Crippen molar-refractivity contribution in [1.82, 2.24) is 0 Å². The lowest BCUT2D eigenvalue weighted by molar-refractivity contribution is 1.22. The summed E-state index contributed by atoms with van der Waals surface area (Å²) in [4.78, 5) is 0. The minimum absolute atomic E-state index is 0.832. The first-order valence-corrected chi connectivity index (χ1v) is 4.08. The largest absolute Gasteiger partial charge is 0.0838 e. The van der Waals surface area contributed by atoms with Gasteiger partial charge in [0.05, 0.1) is 0 Å². The number of halogens is 1. The molecule has 0 aromatic heterocycles. The Kier molecular flexibility index (Phi) is 2.56. The van der Waals surface area contributed by atoms with E-state index >= 15 is 0 Å². The third-order valence-corrected chi connectivity index (χ3v) is 2.38. The normalized spacial score (nSPS) is 10.2. The molecule has 0 saturated carbocycles. The van der Waals surface area contributed by atoms with Crippen molar-refractivity contribution >= 4 is 11.6 Å². The highest BCUT2D eigenvalue weighted by Crippen LogP contribution is 2.21. The molecule has 0 unspecified atom stereocenters. The lowest BCUT2D eigenvalue weighted by Crippen LogP contribution is -1.86. The first-order valence-electron chi connectivity index (χ1n) is 3.70. The molecule has 0 spiro atoms. The summed E-state index contributed by atoms with van der Waals surface area (Å²) in [5, 5.41) is 0.877. The highest BCUT2D eigenvalue weighted by Gasteiger charge is 2.00. The van der Waals surface area contributed by atoms with Crippen molar-refractivity contribution in [3.05, 3.63) is 40.8 Å². The van der Waals surface area contributed by atoms with Gasteiger partial charge in [0, 0.05) is 5.02 Å². The zero-order valence-electron chi connectivity index (χ0n) is 6.95. The number of hydrogen-bond donors (Lipinski definition) is 0. The Balaban J connectivity index is 3.21. The molecule has 0 N–H and O–H groups in total. The molecule has 0 aliphatic carbocycles. The molecule has 0 bridgehead atoms. The zero-order chi connectivity index (χ0) is 8.43. The minimum Gasteiger partial charge on any atom is -0.0838 e. The Morgan fingerprint density at radius 3 is 2.09 bits per heavy atom. The van der Waals surface area contributed by atoms with Crippen LogP contribution in [0.3, 0.4) is 0 Å². The van der Waals surface area contributed by atoms with E-state index in [0.717, 1.165) is 22.6 Å². The molecular weight excluding hydrogens is 156 g/mol. The van der Waals surface area contributed by atoms with E-state index in [9.17, 15) is 0 Å². The molecule has 0 amide bonds. The smallest absolute Gasteiger partial charge is 0.0464 e. The molecule has 0 fully saturated rings. The Labute approximate surface area is 73.2 Å². The van der Waals surface area contributed by atoms with Crippen molar-refractivity contribution in [2.75, 3.05) is 0 Å². The van der Waals surface area contributed by atoms with Gasteiger partial charge in [0.25, 0.3) is 0 Å². The van der Waals surface area contributed by atoms with Crippen molar-refractivity contribution in [2.45, 2.75) is 20.3 Å². The quantitative estimate of drug-likeness (QED) is 0.602. The highest BCUT2D eigenvalue weighted by molar-refractivity contribution is 6.32. The summed E-state index contributed by atoms with van der Waals surface area (Å²) in [6.07, 6.45) is 0.832. The molecule has 0 aliphatic heterocycles. The summed E-state index contributed by atoms with van der Waals surface area (Å²) in [5.41, 5.74) is 3.54. The van der Waals surface area contributed by atoms with Gasteiger partial charge in [-0.05, 0) is 43.9 Å². The average molecular weight is 168 g/mol. The number of benzene rings is 1. The fraction of sp³-hybridized carbons (Fsp3) is 0.300. The number of rotatable bonds is 1. The summed E-state index contributed by atoms with van der Waals surface area (Å²) in [5.74, 6) is 0. The van der Waals surface area contributed by atoms with Gasteiger partial charge in [-0.25, -0.2) is 0 Å². The summed E-state index contributed by atoms with van der Waals surface area (Å²) >= 11 is 5.99. The Bertz CT molecular complexity index is 241. The van der Waals surface area contributed by atoms with Crippen molar-refractivity contribution in [1.29, 1.82) is 0 Å². The predicted molar refractivity (Wildman–Crippen MR) is 50.0 cm³/mol. The highest BCUT2D eigenvalue weighted by atomic mass is 35.5. The number of hydrogen-bond acceptors (Lipinski definition) is 0. The lowest BCUT2D eigenvalue weighted by atomic mass is 10.1. The fourth-order valence-corrected chi connectivity index (χ4v) is 1.29. The molecule has 1 aromatic carbocycles. The molecule has 1 heteroatoms. The monoisotopic (exact) mass is 167 g/mol. The standard InChI is InChI=1S/C10H12Cl/c1-4-9-5-7(2)10(11)8(3)6-9/h5-6H,1,4H2,2-3H3. The second kappa shape index (κ2) is 3.27. The molecule has 1 aromatic rings. The van der Waals surface area contributed by atoms with Crippen molar-refractivity contribution < 1.29 is 0 Å². The molecule has 59 valence electrons. The topological polar surface area (TPSA) is 0 Å². The van der Waals surface area contributed by atoms with E-state index < -0.39 is 0 Å². The van der Waals surface area contributed by atoms with Crippen LogP contribution in [-0.2, 0) is 6.42 Å². The van der Waals surface area contributed by atoms with E-state index in [1.165, 1.54) is 5.56 Å². The van der Waals surface area contributed by atoms with Gasteiger partial charge in [0.1, 0.15) is 0 Å². The van der Waals surface area contributed by atoms with Crippen LogP contribution in [-0.4, -0.2) is 0 Å². The maximum atomic E-state index is 5.99. The molecule has 0 nitrogen and oxygen atoms in total. The van der Waals surface area contributed by atoms with Crippen molar-refractivity contribution in [2.24, 2.45) is 0 Å². The third kappa shape index (κ3) is 1.75. The van der Waals surface area contributed by atoms with Gasteiger partial charge in [-0.15, -0.1) is 0 Å². The second-order valence-electron chi connectivity index (χ2n) is 2.79. The molecule has 0 aliphatic rings. The van der Waals surface area contributed by atoms with Crippen LogP contribution < -0.4 is 0 Å². The predicted octanol–water partition coefficient (Wildman–Crippen LogP) is 3.33. The van der Waals surface area contributed by atoms with Crippen LogP contribution >= 0.6 is 11.6 Å². The molecule has 11 heavy (non-hydrogen) atoms. The average Bonchev–Trinajstić information content (AvgIpc) is 1.99. The van der Waals surface area contributed by atoms with Gasteiger partial charge in [-0.3, -0.25) is 0 Å². The maximum Gasteiger partial charge on any atom is 0.0464 e. The molecule has 0 heterocycles. The Morgan fingerprint density at radius 2 is 1.73 bits per heavy atom. The van der Waals surface area contributed by atoms with E-state index in [-0.39, 0.29) is 0 Å². The van der Waals surface area contributed by atoms with E-state index in [1.54, 1.807) is 0 Å². The zero-order valence-corrected chi connectivity index (χ0v) is 7.70. The lowest BCUT2D eigenvalue weighted by Gasteiger charge is -2.04. The van der Waals surface area contributed by atoms with Crippen molar-refractivity contribution in [3.63, 3.8) is 0 Å². The Morgan fingerprint density at radius 1 is 1.27 bits per heavy atom.